The minimum Gasteiger partial charge on any atom is -0.352 e. The maximum Gasteiger partial charge on any atom is 0.237 e. The van der Waals surface area contributed by atoms with Gasteiger partial charge in [0.05, 0.1) is 6.04 Å². The molecule has 1 amide bonds. The second kappa shape index (κ2) is 7.75. The number of carbonyl (C=O) groups excluding carboxylic acids is 1. The Labute approximate surface area is 134 Å². The predicted molar refractivity (Wildman–Crippen MR) is 90.7 cm³/mol. The summed E-state index contributed by atoms with van der Waals surface area (Å²) in [5, 5.41) is 3.08. The Hall–Kier alpha value is -1.39. The summed E-state index contributed by atoms with van der Waals surface area (Å²) in [7, 11) is 0. The lowest BCUT2D eigenvalue weighted by Gasteiger charge is -2.25. The van der Waals surface area contributed by atoms with Gasteiger partial charge in [0, 0.05) is 25.0 Å². The summed E-state index contributed by atoms with van der Waals surface area (Å²) in [6.07, 6.45) is 0.955. The van der Waals surface area contributed by atoms with E-state index in [1.165, 1.54) is 5.56 Å². The van der Waals surface area contributed by atoms with Gasteiger partial charge in [-0.2, -0.15) is 0 Å². The zero-order chi connectivity index (χ0) is 16.1. The maximum absolute atomic E-state index is 12.4. The summed E-state index contributed by atoms with van der Waals surface area (Å²) in [4.78, 5) is 14.6. The largest absolute Gasteiger partial charge is 0.352 e. The fraction of sp³-hybridized carbons (Fsp3) is 0.611. The minimum absolute atomic E-state index is 0.100. The summed E-state index contributed by atoms with van der Waals surface area (Å²) in [6, 6.07) is 10.6. The number of benzene rings is 1. The first-order valence-electron chi connectivity index (χ1n) is 8.36. The molecule has 1 aromatic rings. The van der Waals surface area contributed by atoms with Crippen LogP contribution in [0, 0.1) is 5.92 Å². The topological polar surface area (TPSA) is 58.4 Å². The molecule has 4 atom stereocenters. The molecule has 2 unspecified atom stereocenters. The molecule has 1 aromatic carbocycles. The van der Waals surface area contributed by atoms with Crippen LogP contribution in [-0.4, -0.2) is 42.5 Å². The Morgan fingerprint density at radius 2 is 2.00 bits per heavy atom. The van der Waals surface area contributed by atoms with E-state index in [1.807, 2.05) is 19.9 Å². The smallest absolute Gasteiger partial charge is 0.237 e. The van der Waals surface area contributed by atoms with Crippen molar-refractivity contribution in [3.8, 4) is 0 Å². The Balaban J connectivity index is 2.03. The van der Waals surface area contributed by atoms with Crippen molar-refractivity contribution in [2.45, 2.75) is 45.2 Å². The monoisotopic (exact) mass is 303 g/mol. The molecule has 3 N–H and O–H groups in total. The molecule has 1 heterocycles. The van der Waals surface area contributed by atoms with E-state index in [0.717, 1.165) is 19.5 Å². The average Bonchev–Trinajstić information content (AvgIpc) is 2.99. The van der Waals surface area contributed by atoms with Crippen LogP contribution >= 0.6 is 0 Å². The molecule has 0 aliphatic carbocycles. The number of hydrogen-bond donors (Lipinski definition) is 2. The van der Waals surface area contributed by atoms with E-state index in [1.54, 1.807) is 0 Å². The molecule has 0 saturated carbocycles. The standard InChI is InChI=1S/C18H29N3O/c1-4-13(2)20-18(22)14(3)21-11-16(10-19)17(12-21)15-8-6-5-7-9-15/h5-9,13-14,16-17H,4,10-12,19H2,1-3H3,(H,20,22)/t13?,14?,16-,17+/m1/s1. The van der Waals surface area contributed by atoms with Crippen LogP contribution in [0.2, 0.25) is 0 Å². The van der Waals surface area contributed by atoms with Gasteiger partial charge in [-0.15, -0.1) is 0 Å². The molecule has 22 heavy (non-hydrogen) atoms. The van der Waals surface area contributed by atoms with E-state index in [2.05, 4.69) is 41.4 Å². The molecule has 1 saturated heterocycles. The summed E-state index contributed by atoms with van der Waals surface area (Å²) in [5.41, 5.74) is 7.30. The third-order valence-corrected chi connectivity index (χ3v) is 4.93. The molecule has 122 valence electrons. The summed E-state index contributed by atoms with van der Waals surface area (Å²) < 4.78 is 0. The Morgan fingerprint density at radius 1 is 1.32 bits per heavy atom. The Morgan fingerprint density at radius 3 is 2.59 bits per heavy atom. The lowest BCUT2D eigenvalue weighted by atomic mass is 9.89. The van der Waals surface area contributed by atoms with Crippen LogP contribution in [0.1, 0.15) is 38.7 Å². The highest BCUT2D eigenvalue weighted by Gasteiger charge is 2.36. The third-order valence-electron chi connectivity index (χ3n) is 4.93. The summed E-state index contributed by atoms with van der Waals surface area (Å²) in [6.45, 7) is 8.59. The highest BCUT2D eigenvalue weighted by molar-refractivity contribution is 5.81. The van der Waals surface area contributed by atoms with Crippen molar-refractivity contribution in [1.82, 2.24) is 10.2 Å². The first-order chi connectivity index (χ1) is 10.6. The van der Waals surface area contributed by atoms with Crippen LogP contribution in [0.3, 0.4) is 0 Å². The van der Waals surface area contributed by atoms with Crippen molar-refractivity contribution in [3.05, 3.63) is 35.9 Å². The third kappa shape index (κ3) is 3.87. The number of nitrogens with zero attached hydrogens (tertiary/aromatic N) is 1. The van der Waals surface area contributed by atoms with Crippen molar-refractivity contribution < 1.29 is 4.79 Å². The van der Waals surface area contributed by atoms with Crippen LogP contribution < -0.4 is 11.1 Å². The zero-order valence-electron chi connectivity index (χ0n) is 14.0. The normalized spacial score (nSPS) is 24.9. The van der Waals surface area contributed by atoms with Gasteiger partial charge >= 0.3 is 0 Å². The molecular weight excluding hydrogens is 274 g/mol. The molecule has 1 aliphatic rings. The summed E-state index contributed by atoms with van der Waals surface area (Å²) >= 11 is 0. The van der Waals surface area contributed by atoms with Crippen LogP contribution in [0.15, 0.2) is 30.3 Å². The molecule has 1 aliphatic heterocycles. The molecule has 0 aromatic heterocycles. The predicted octanol–water partition coefficient (Wildman–Crippen LogP) is 1.96. The van der Waals surface area contributed by atoms with Crippen molar-refractivity contribution in [2.75, 3.05) is 19.6 Å². The molecule has 4 nitrogen and oxygen atoms in total. The van der Waals surface area contributed by atoms with Crippen molar-refractivity contribution in [2.24, 2.45) is 11.7 Å². The van der Waals surface area contributed by atoms with Gasteiger partial charge in [0.2, 0.25) is 5.91 Å². The van der Waals surface area contributed by atoms with Gasteiger partial charge in [-0.1, -0.05) is 37.3 Å². The van der Waals surface area contributed by atoms with E-state index in [-0.39, 0.29) is 18.0 Å². The van der Waals surface area contributed by atoms with E-state index in [0.29, 0.717) is 18.4 Å². The van der Waals surface area contributed by atoms with Gasteiger partial charge in [-0.3, -0.25) is 9.69 Å². The second-order valence-electron chi connectivity index (χ2n) is 6.46. The van der Waals surface area contributed by atoms with Crippen molar-refractivity contribution in [1.29, 1.82) is 0 Å². The second-order valence-corrected chi connectivity index (χ2v) is 6.46. The number of nitrogens with one attached hydrogen (secondary N) is 1. The van der Waals surface area contributed by atoms with Gasteiger partial charge < -0.3 is 11.1 Å². The average molecular weight is 303 g/mol. The first kappa shape index (κ1) is 17.0. The van der Waals surface area contributed by atoms with Crippen LogP contribution in [0.4, 0.5) is 0 Å². The number of likely N-dealkylation sites (tertiary alicyclic amines) is 1. The van der Waals surface area contributed by atoms with E-state index in [9.17, 15) is 4.79 Å². The SMILES string of the molecule is CCC(C)NC(=O)C(C)N1C[C@@H](CN)[C@H](c2ccccc2)C1. The number of hydrogen-bond acceptors (Lipinski definition) is 3. The maximum atomic E-state index is 12.4. The van der Waals surface area contributed by atoms with Crippen molar-refractivity contribution in [3.63, 3.8) is 0 Å². The fourth-order valence-corrected chi connectivity index (χ4v) is 3.17. The molecule has 0 bridgehead atoms. The molecular formula is C18H29N3O. The van der Waals surface area contributed by atoms with Gasteiger partial charge in [0.1, 0.15) is 0 Å². The van der Waals surface area contributed by atoms with Gasteiger partial charge in [0.25, 0.3) is 0 Å². The van der Waals surface area contributed by atoms with E-state index >= 15 is 0 Å². The molecule has 0 radical (unpaired) electrons. The van der Waals surface area contributed by atoms with Gasteiger partial charge in [0.15, 0.2) is 0 Å². The molecule has 0 spiro atoms. The first-order valence-corrected chi connectivity index (χ1v) is 8.36. The summed E-state index contributed by atoms with van der Waals surface area (Å²) in [5.74, 6) is 0.963. The zero-order valence-corrected chi connectivity index (χ0v) is 14.0. The highest BCUT2D eigenvalue weighted by Crippen LogP contribution is 2.33. The number of amides is 1. The van der Waals surface area contributed by atoms with Gasteiger partial charge in [-0.05, 0) is 38.3 Å². The number of nitrogens with two attached hydrogens (primary N) is 1. The lowest BCUT2D eigenvalue weighted by molar-refractivity contribution is -0.126. The highest BCUT2D eigenvalue weighted by atomic mass is 16.2. The van der Waals surface area contributed by atoms with Gasteiger partial charge in [-0.25, -0.2) is 0 Å². The quantitative estimate of drug-likeness (QED) is 0.844. The van der Waals surface area contributed by atoms with Crippen LogP contribution in [-0.2, 0) is 4.79 Å². The molecule has 2 rings (SSSR count). The van der Waals surface area contributed by atoms with E-state index < -0.39 is 0 Å². The van der Waals surface area contributed by atoms with Crippen LogP contribution in [0.5, 0.6) is 0 Å². The number of carbonyl (C=O) groups is 1. The Bertz CT molecular complexity index is 476. The number of rotatable bonds is 6. The minimum atomic E-state index is -0.100. The van der Waals surface area contributed by atoms with Crippen molar-refractivity contribution >= 4 is 5.91 Å². The molecule has 1 fully saturated rings. The van der Waals surface area contributed by atoms with E-state index in [4.69, 9.17) is 5.73 Å². The Kier molecular flexibility index (Phi) is 5.98. The molecule has 4 heteroatoms. The van der Waals surface area contributed by atoms with Crippen LogP contribution in [0.25, 0.3) is 0 Å². The fourth-order valence-electron chi connectivity index (χ4n) is 3.17. The lowest BCUT2D eigenvalue weighted by Crippen LogP contribution is -2.47.